The fourth-order valence-corrected chi connectivity index (χ4v) is 2.07. The Morgan fingerprint density at radius 1 is 0.882 bits per heavy atom. The van der Waals surface area contributed by atoms with Crippen LogP contribution in [-0.2, 0) is 9.59 Å². The van der Waals surface area contributed by atoms with E-state index in [0.29, 0.717) is 5.57 Å². The minimum Gasteiger partial charge on any atom is -0.290 e. The van der Waals surface area contributed by atoms with E-state index in [4.69, 9.17) is 0 Å². The Kier molecular flexibility index (Phi) is 2.80. The molecule has 0 amide bonds. The number of rotatable bonds is 1. The Labute approximate surface area is 101 Å². The Hall–Kier alpha value is -1.96. The molecular weight excluding hydrogens is 212 g/mol. The van der Waals surface area contributed by atoms with Crippen LogP contribution in [0.4, 0.5) is 0 Å². The maximum Gasteiger partial charge on any atom is 0.186 e. The van der Waals surface area contributed by atoms with Crippen LogP contribution in [0.5, 0.6) is 0 Å². The zero-order valence-electron chi connectivity index (χ0n) is 10.2. The van der Waals surface area contributed by atoms with Gasteiger partial charge < -0.3 is 0 Å². The van der Waals surface area contributed by atoms with Gasteiger partial charge in [-0.3, -0.25) is 9.59 Å². The van der Waals surface area contributed by atoms with Gasteiger partial charge in [-0.25, -0.2) is 0 Å². The molecule has 2 rings (SSSR count). The average molecular weight is 226 g/mol. The van der Waals surface area contributed by atoms with Gasteiger partial charge in [0.1, 0.15) is 0 Å². The molecule has 1 aliphatic rings. The van der Waals surface area contributed by atoms with E-state index in [9.17, 15) is 9.59 Å². The van der Waals surface area contributed by atoms with Gasteiger partial charge in [0.05, 0.1) is 0 Å². The second-order valence-electron chi connectivity index (χ2n) is 4.36. The van der Waals surface area contributed by atoms with E-state index >= 15 is 0 Å². The van der Waals surface area contributed by atoms with Gasteiger partial charge in [-0.05, 0) is 61.3 Å². The Balaban J connectivity index is 2.66. The van der Waals surface area contributed by atoms with E-state index in [2.05, 4.69) is 0 Å². The van der Waals surface area contributed by atoms with E-state index in [-0.39, 0.29) is 11.6 Å². The molecule has 0 N–H and O–H groups in total. The largest absolute Gasteiger partial charge is 0.290 e. The van der Waals surface area contributed by atoms with Crippen LogP contribution in [-0.4, -0.2) is 11.6 Å². The molecule has 0 spiro atoms. The molecule has 0 heterocycles. The number of hydrogen-bond acceptors (Lipinski definition) is 2. The van der Waals surface area contributed by atoms with Crippen molar-refractivity contribution in [3.63, 3.8) is 0 Å². The predicted molar refractivity (Wildman–Crippen MR) is 67.8 cm³/mol. The van der Waals surface area contributed by atoms with Gasteiger partial charge in [0.25, 0.3) is 0 Å². The van der Waals surface area contributed by atoms with Crippen molar-refractivity contribution in [3.8, 4) is 0 Å². The Morgan fingerprint density at radius 2 is 1.53 bits per heavy atom. The minimum atomic E-state index is -0.125. The number of hydrogen-bond donors (Lipinski definition) is 0. The summed E-state index contributed by atoms with van der Waals surface area (Å²) in [6, 6.07) is 4.01. The lowest BCUT2D eigenvalue weighted by Gasteiger charge is -2.15. The first-order valence-electron chi connectivity index (χ1n) is 5.56. The van der Waals surface area contributed by atoms with Crippen LogP contribution in [0.2, 0.25) is 0 Å². The number of carbonyl (C=O) groups excluding carboxylic acids is 2. The molecule has 0 saturated heterocycles. The van der Waals surface area contributed by atoms with E-state index in [1.165, 1.54) is 18.2 Å². The second-order valence-corrected chi connectivity index (χ2v) is 4.36. The first kappa shape index (κ1) is 11.5. The van der Waals surface area contributed by atoms with Gasteiger partial charge >= 0.3 is 0 Å². The van der Waals surface area contributed by atoms with Crippen molar-refractivity contribution in [1.82, 2.24) is 0 Å². The van der Waals surface area contributed by atoms with Crippen LogP contribution in [0.3, 0.4) is 0 Å². The van der Waals surface area contributed by atoms with Gasteiger partial charge in [0.2, 0.25) is 0 Å². The van der Waals surface area contributed by atoms with Gasteiger partial charge in [-0.1, -0.05) is 12.1 Å². The standard InChI is InChI=1S/C15H14O2/c1-9-4-5-10(2)15(11(9)3)13-8-12(16)6-7-14(13)17/h4-8H,1-3H3. The molecule has 1 aromatic carbocycles. The third kappa shape index (κ3) is 1.98. The average Bonchev–Trinajstić information content (AvgIpc) is 2.29. The lowest BCUT2D eigenvalue weighted by molar-refractivity contribution is -0.113. The summed E-state index contributed by atoms with van der Waals surface area (Å²) in [6.45, 7) is 5.94. The first-order chi connectivity index (χ1) is 8.00. The molecule has 0 unspecified atom stereocenters. The molecular formula is C15H14O2. The normalized spacial score (nSPS) is 15.1. The lowest BCUT2D eigenvalue weighted by Crippen LogP contribution is -2.09. The minimum absolute atomic E-state index is 0.0959. The molecule has 17 heavy (non-hydrogen) atoms. The number of aryl methyl sites for hydroxylation is 2. The predicted octanol–water partition coefficient (Wildman–Crippen LogP) is 2.70. The van der Waals surface area contributed by atoms with Crippen LogP contribution in [0.15, 0.2) is 30.4 Å². The highest BCUT2D eigenvalue weighted by molar-refractivity contribution is 6.34. The van der Waals surface area contributed by atoms with Gasteiger partial charge in [0.15, 0.2) is 11.6 Å². The highest BCUT2D eigenvalue weighted by atomic mass is 16.1. The van der Waals surface area contributed by atoms with Gasteiger partial charge in [0, 0.05) is 5.57 Å². The van der Waals surface area contributed by atoms with E-state index < -0.39 is 0 Å². The zero-order valence-corrected chi connectivity index (χ0v) is 10.2. The third-order valence-electron chi connectivity index (χ3n) is 3.16. The molecule has 0 radical (unpaired) electrons. The number of allylic oxidation sites excluding steroid dienone is 4. The first-order valence-corrected chi connectivity index (χ1v) is 5.56. The molecule has 2 nitrogen and oxygen atoms in total. The number of benzene rings is 1. The topological polar surface area (TPSA) is 34.1 Å². The fourth-order valence-electron chi connectivity index (χ4n) is 2.07. The molecule has 2 heteroatoms. The molecule has 86 valence electrons. The monoisotopic (exact) mass is 226 g/mol. The molecule has 1 aromatic rings. The van der Waals surface area contributed by atoms with Gasteiger partial charge in [-0.15, -0.1) is 0 Å². The summed E-state index contributed by atoms with van der Waals surface area (Å²) < 4.78 is 0. The number of ketones is 2. The maximum atomic E-state index is 11.8. The smallest absolute Gasteiger partial charge is 0.186 e. The van der Waals surface area contributed by atoms with Crippen molar-refractivity contribution in [1.29, 1.82) is 0 Å². The van der Waals surface area contributed by atoms with Crippen molar-refractivity contribution < 1.29 is 9.59 Å². The van der Waals surface area contributed by atoms with Crippen LogP contribution in [0.25, 0.3) is 5.57 Å². The molecule has 0 fully saturated rings. The SMILES string of the molecule is Cc1ccc(C)c(C2=CC(=O)C=CC2=O)c1C. The summed E-state index contributed by atoms with van der Waals surface area (Å²) in [7, 11) is 0. The van der Waals surface area contributed by atoms with Crippen molar-refractivity contribution in [2.75, 3.05) is 0 Å². The molecule has 0 bridgehead atoms. The quantitative estimate of drug-likeness (QED) is 0.690. The Bertz CT molecular complexity index is 575. The van der Waals surface area contributed by atoms with Crippen LogP contribution < -0.4 is 0 Å². The van der Waals surface area contributed by atoms with E-state index in [1.807, 2.05) is 32.9 Å². The molecule has 0 aromatic heterocycles. The van der Waals surface area contributed by atoms with E-state index in [0.717, 1.165) is 22.3 Å². The summed E-state index contributed by atoms with van der Waals surface area (Å²) in [4.78, 5) is 23.2. The summed E-state index contributed by atoms with van der Waals surface area (Å²) in [5, 5.41) is 0. The molecule has 0 atom stereocenters. The number of carbonyl (C=O) groups is 2. The maximum absolute atomic E-state index is 11.8. The van der Waals surface area contributed by atoms with E-state index in [1.54, 1.807) is 0 Å². The summed E-state index contributed by atoms with van der Waals surface area (Å²) >= 11 is 0. The molecule has 1 aliphatic carbocycles. The van der Waals surface area contributed by atoms with Crippen molar-refractivity contribution >= 4 is 17.1 Å². The summed E-state index contributed by atoms with van der Waals surface area (Å²) in [5.41, 5.74) is 4.62. The molecule has 0 saturated carbocycles. The zero-order chi connectivity index (χ0) is 12.6. The summed E-state index contributed by atoms with van der Waals surface area (Å²) in [5.74, 6) is -0.221. The van der Waals surface area contributed by atoms with Crippen molar-refractivity contribution in [2.24, 2.45) is 0 Å². The molecule has 0 aliphatic heterocycles. The van der Waals surface area contributed by atoms with Crippen LogP contribution in [0.1, 0.15) is 22.3 Å². The lowest BCUT2D eigenvalue weighted by atomic mass is 9.88. The van der Waals surface area contributed by atoms with Crippen LogP contribution in [0, 0.1) is 20.8 Å². The highest BCUT2D eigenvalue weighted by Gasteiger charge is 2.19. The fraction of sp³-hybridized carbons (Fsp3) is 0.200. The van der Waals surface area contributed by atoms with Crippen molar-refractivity contribution in [2.45, 2.75) is 20.8 Å². The third-order valence-corrected chi connectivity index (χ3v) is 3.16. The second kappa shape index (κ2) is 4.13. The van der Waals surface area contributed by atoms with Crippen LogP contribution >= 0.6 is 0 Å². The Morgan fingerprint density at radius 3 is 2.24 bits per heavy atom. The summed E-state index contributed by atoms with van der Waals surface area (Å²) in [6.07, 6.45) is 4.09. The highest BCUT2D eigenvalue weighted by Crippen LogP contribution is 2.27. The van der Waals surface area contributed by atoms with Gasteiger partial charge in [-0.2, -0.15) is 0 Å². The van der Waals surface area contributed by atoms with Crippen molar-refractivity contribution in [3.05, 3.63) is 52.6 Å².